The molecule has 2 aromatic rings. The lowest BCUT2D eigenvalue weighted by molar-refractivity contribution is -0.144. The molecule has 3 N–H and O–H groups in total. The fraction of sp³-hybridized carbons (Fsp3) is 0.385. The van der Waals surface area contributed by atoms with Crippen LogP contribution in [0.25, 0.3) is 0 Å². The van der Waals surface area contributed by atoms with Gasteiger partial charge in [-0.05, 0) is 48.8 Å². The molecule has 2 aromatic carbocycles. The van der Waals surface area contributed by atoms with Crippen molar-refractivity contribution in [1.29, 1.82) is 0 Å². The minimum Gasteiger partial charge on any atom is -0.465 e. The average Bonchev–Trinajstić information content (AvgIpc) is 2.84. The third-order valence-electron chi connectivity index (χ3n) is 5.63. The Morgan fingerprint density at radius 1 is 0.941 bits per heavy atom. The van der Waals surface area contributed by atoms with Crippen molar-refractivity contribution < 1.29 is 19.1 Å². The standard InChI is InChI=1S/C26H31N3O4S/c30-23(14-15-24(31)33-17-16-19-8-3-1-4-9-19)29-26(34)28-22-13-7-10-20(18-22)25(32)27-21-11-5-2-6-12-21/h1,3-4,7-10,13,18,21H,2,5-6,11-12,14-17H2,(H,27,32)(H2,28,29,30,34). The van der Waals surface area contributed by atoms with Crippen LogP contribution in [0.3, 0.4) is 0 Å². The van der Waals surface area contributed by atoms with E-state index in [1.165, 1.54) is 6.42 Å². The molecule has 7 nitrogen and oxygen atoms in total. The van der Waals surface area contributed by atoms with Gasteiger partial charge in [-0.1, -0.05) is 55.7 Å². The molecular weight excluding hydrogens is 450 g/mol. The summed E-state index contributed by atoms with van der Waals surface area (Å²) in [6, 6.07) is 16.9. The van der Waals surface area contributed by atoms with Gasteiger partial charge in [0.2, 0.25) is 5.91 Å². The van der Waals surface area contributed by atoms with Crippen LogP contribution in [-0.4, -0.2) is 35.5 Å². The van der Waals surface area contributed by atoms with Crippen molar-refractivity contribution in [2.75, 3.05) is 11.9 Å². The van der Waals surface area contributed by atoms with Crippen molar-refractivity contribution in [3.8, 4) is 0 Å². The highest BCUT2D eigenvalue weighted by Gasteiger charge is 2.17. The first-order chi connectivity index (χ1) is 16.5. The van der Waals surface area contributed by atoms with Crippen LogP contribution in [0.4, 0.5) is 5.69 Å². The van der Waals surface area contributed by atoms with E-state index in [1.807, 2.05) is 30.3 Å². The van der Waals surface area contributed by atoms with Gasteiger partial charge in [0.05, 0.1) is 13.0 Å². The van der Waals surface area contributed by atoms with E-state index in [4.69, 9.17) is 17.0 Å². The van der Waals surface area contributed by atoms with Gasteiger partial charge in [-0.3, -0.25) is 14.4 Å². The Bertz CT molecular complexity index is 991. The summed E-state index contributed by atoms with van der Waals surface area (Å²) in [6.07, 6.45) is 6.11. The van der Waals surface area contributed by atoms with Crippen molar-refractivity contribution in [3.63, 3.8) is 0 Å². The molecule has 1 fully saturated rings. The van der Waals surface area contributed by atoms with E-state index < -0.39 is 5.97 Å². The van der Waals surface area contributed by atoms with Gasteiger partial charge in [0.1, 0.15) is 0 Å². The number of amides is 2. The molecule has 0 aromatic heterocycles. The molecule has 0 bridgehead atoms. The molecule has 2 amide bonds. The zero-order valence-electron chi connectivity index (χ0n) is 19.2. The van der Waals surface area contributed by atoms with E-state index in [1.54, 1.807) is 24.3 Å². The fourth-order valence-electron chi connectivity index (χ4n) is 3.82. The van der Waals surface area contributed by atoms with Crippen molar-refractivity contribution in [2.45, 2.75) is 57.4 Å². The van der Waals surface area contributed by atoms with Gasteiger partial charge in [0, 0.05) is 30.1 Å². The van der Waals surface area contributed by atoms with E-state index in [2.05, 4.69) is 16.0 Å². The highest BCUT2D eigenvalue weighted by molar-refractivity contribution is 7.80. The van der Waals surface area contributed by atoms with Crippen molar-refractivity contribution in [1.82, 2.24) is 10.6 Å². The predicted octanol–water partition coefficient (Wildman–Crippen LogP) is 4.13. The van der Waals surface area contributed by atoms with E-state index >= 15 is 0 Å². The van der Waals surface area contributed by atoms with Crippen molar-refractivity contribution in [3.05, 3.63) is 65.7 Å². The average molecular weight is 482 g/mol. The minimum atomic E-state index is -0.429. The zero-order valence-corrected chi connectivity index (χ0v) is 20.0. The maximum atomic E-state index is 12.5. The van der Waals surface area contributed by atoms with Crippen LogP contribution in [0, 0.1) is 0 Å². The summed E-state index contributed by atoms with van der Waals surface area (Å²) < 4.78 is 5.18. The summed E-state index contributed by atoms with van der Waals surface area (Å²) in [4.78, 5) is 36.5. The Morgan fingerprint density at radius 2 is 1.71 bits per heavy atom. The Hall–Kier alpha value is -3.26. The summed E-state index contributed by atoms with van der Waals surface area (Å²) in [5.74, 6) is -0.929. The summed E-state index contributed by atoms with van der Waals surface area (Å²) >= 11 is 5.20. The number of rotatable bonds is 9. The first kappa shape index (κ1) is 25.4. The summed E-state index contributed by atoms with van der Waals surface area (Å²) in [7, 11) is 0. The molecule has 8 heteroatoms. The molecule has 3 rings (SSSR count). The molecule has 0 heterocycles. The summed E-state index contributed by atoms with van der Waals surface area (Å²) in [5, 5.41) is 8.66. The summed E-state index contributed by atoms with van der Waals surface area (Å²) in [5.41, 5.74) is 2.21. The monoisotopic (exact) mass is 481 g/mol. The molecule has 0 atom stereocenters. The smallest absolute Gasteiger partial charge is 0.306 e. The number of esters is 1. The van der Waals surface area contributed by atoms with Crippen LogP contribution in [0.2, 0.25) is 0 Å². The lowest BCUT2D eigenvalue weighted by Gasteiger charge is -2.22. The third-order valence-corrected chi connectivity index (χ3v) is 5.83. The first-order valence-electron chi connectivity index (χ1n) is 11.7. The molecule has 0 spiro atoms. The maximum absolute atomic E-state index is 12.5. The Balaban J connectivity index is 1.36. The topological polar surface area (TPSA) is 96.5 Å². The molecule has 180 valence electrons. The number of anilines is 1. The minimum absolute atomic E-state index is 0.0277. The molecule has 34 heavy (non-hydrogen) atoms. The van der Waals surface area contributed by atoms with E-state index in [0.717, 1.165) is 31.2 Å². The zero-order chi connectivity index (χ0) is 24.2. The molecule has 1 aliphatic carbocycles. The maximum Gasteiger partial charge on any atom is 0.306 e. The third kappa shape index (κ3) is 8.94. The van der Waals surface area contributed by atoms with Gasteiger partial charge < -0.3 is 20.7 Å². The van der Waals surface area contributed by atoms with Crippen LogP contribution in [0.5, 0.6) is 0 Å². The number of carbonyl (C=O) groups excluding carboxylic acids is 3. The van der Waals surface area contributed by atoms with Crippen LogP contribution in [0.1, 0.15) is 60.9 Å². The second-order valence-corrected chi connectivity index (χ2v) is 8.76. The van der Waals surface area contributed by atoms with Crippen molar-refractivity contribution >= 4 is 40.8 Å². The van der Waals surface area contributed by atoms with E-state index in [9.17, 15) is 14.4 Å². The highest BCUT2D eigenvalue weighted by Crippen LogP contribution is 2.18. The lowest BCUT2D eigenvalue weighted by atomic mass is 9.95. The number of hydrogen-bond donors (Lipinski definition) is 3. The second-order valence-electron chi connectivity index (χ2n) is 8.35. The van der Waals surface area contributed by atoms with Crippen LogP contribution >= 0.6 is 12.2 Å². The first-order valence-corrected chi connectivity index (χ1v) is 12.1. The number of nitrogens with one attached hydrogen (secondary N) is 3. The molecule has 1 saturated carbocycles. The number of benzene rings is 2. The molecule has 0 saturated heterocycles. The Labute approximate surface area is 205 Å². The van der Waals surface area contributed by atoms with E-state index in [-0.39, 0.29) is 42.4 Å². The normalized spacial score (nSPS) is 13.5. The largest absolute Gasteiger partial charge is 0.465 e. The van der Waals surface area contributed by atoms with E-state index in [0.29, 0.717) is 17.7 Å². The highest BCUT2D eigenvalue weighted by atomic mass is 32.1. The number of carbonyl (C=O) groups is 3. The molecule has 1 aliphatic rings. The second kappa shape index (κ2) is 13.4. The van der Waals surface area contributed by atoms with Gasteiger partial charge in [-0.15, -0.1) is 0 Å². The molecule has 0 unspecified atom stereocenters. The molecular formula is C26H31N3O4S. The van der Waals surface area contributed by atoms with Gasteiger partial charge >= 0.3 is 5.97 Å². The number of ether oxygens (including phenoxy) is 1. The van der Waals surface area contributed by atoms with Gasteiger partial charge in [0.25, 0.3) is 5.91 Å². The van der Waals surface area contributed by atoms with Gasteiger partial charge in [0.15, 0.2) is 5.11 Å². The fourth-order valence-corrected chi connectivity index (χ4v) is 4.05. The Kier molecular flexibility index (Phi) is 10.0. The predicted molar refractivity (Wildman–Crippen MR) is 135 cm³/mol. The van der Waals surface area contributed by atoms with Gasteiger partial charge in [-0.2, -0.15) is 0 Å². The van der Waals surface area contributed by atoms with Crippen molar-refractivity contribution in [2.24, 2.45) is 0 Å². The quantitative estimate of drug-likeness (QED) is 0.368. The lowest BCUT2D eigenvalue weighted by Crippen LogP contribution is -2.36. The van der Waals surface area contributed by atoms with Crippen LogP contribution in [-0.2, 0) is 20.7 Å². The van der Waals surface area contributed by atoms with Crippen LogP contribution in [0.15, 0.2) is 54.6 Å². The molecule has 0 radical (unpaired) electrons. The number of hydrogen-bond acceptors (Lipinski definition) is 5. The SMILES string of the molecule is O=C(CCC(=O)OCCc1ccccc1)NC(=S)Nc1cccc(C(=O)NC2CCCCC2)c1. The Morgan fingerprint density at radius 3 is 2.47 bits per heavy atom. The number of thiocarbonyl (C=S) groups is 1. The molecule has 0 aliphatic heterocycles. The van der Waals surface area contributed by atoms with Gasteiger partial charge in [-0.25, -0.2) is 0 Å². The van der Waals surface area contributed by atoms with Crippen LogP contribution < -0.4 is 16.0 Å². The summed E-state index contributed by atoms with van der Waals surface area (Å²) in [6.45, 7) is 0.273.